The van der Waals surface area contributed by atoms with Crippen LogP contribution < -0.4 is 4.90 Å². The second-order valence-electron chi connectivity index (χ2n) is 5.12. The molecule has 0 amide bonds. The van der Waals surface area contributed by atoms with Crippen LogP contribution in [0.25, 0.3) is 0 Å². The predicted molar refractivity (Wildman–Crippen MR) is 71.3 cm³/mol. The van der Waals surface area contributed by atoms with Crippen molar-refractivity contribution in [2.24, 2.45) is 11.8 Å². The van der Waals surface area contributed by atoms with Gasteiger partial charge in [0, 0.05) is 18.1 Å². The van der Waals surface area contributed by atoms with E-state index in [0.717, 1.165) is 18.8 Å². The number of hydrogen-bond donors (Lipinski definition) is 0. The summed E-state index contributed by atoms with van der Waals surface area (Å²) in [4.78, 5) is 2.31. The molecule has 0 N–H and O–H groups in total. The standard InChI is InChI=1S/C14H17ClN2/c1-10-5-11(2)9-17(8-10)14-4-3-13(15)6-12(14)7-16/h3-4,6,10-11H,5,8-9H2,1-2H3/t10-,11+. The smallest absolute Gasteiger partial charge is 0.101 e. The van der Waals surface area contributed by atoms with Gasteiger partial charge in [-0.1, -0.05) is 25.4 Å². The highest BCUT2D eigenvalue weighted by Crippen LogP contribution is 2.29. The van der Waals surface area contributed by atoms with Crippen LogP contribution in [0.4, 0.5) is 5.69 Å². The van der Waals surface area contributed by atoms with Crippen LogP contribution in [-0.4, -0.2) is 13.1 Å². The first-order valence-corrected chi connectivity index (χ1v) is 6.42. The van der Waals surface area contributed by atoms with Gasteiger partial charge in [0.2, 0.25) is 0 Å². The molecule has 2 atom stereocenters. The molecule has 0 bridgehead atoms. The van der Waals surface area contributed by atoms with Crippen LogP contribution in [0.15, 0.2) is 18.2 Å². The Kier molecular flexibility index (Phi) is 3.59. The van der Waals surface area contributed by atoms with Crippen LogP contribution in [0.3, 0.4) is 0 Å². The molecule has 3 heteroatoms. The van der Waals surface area contributed by atoms with Crippen molar-refractivity contribution in [2.45, 2.75) is 20.3 Å². The maximum atomic E-state index is 9.17. The molecular weight excluding hydrogens is 232 g/mol. The molecule has 1 aromatic carbocycles. The van der Waals surface area contributed by atoms with E-state index in [2.05, 4.69) is 24.8 Å². The summed E-state index contributed by atoms with van der Waals surface area (Å²) in [6, 6.07) is 7.81. The van der Waals surface area contributed by atoms with Gasteiger partial charge >= 0.3 is 0 Å². The average Bonchev–Trinajstić information content (AvgIpc) is 2.27. The maximum Gasteiger partial charge on any atom is 0.101 e. The molecule has 0 radical (unpaired) electrons. The summed E-state index contributed by atoms with van der Waals surface area (Å²) in [5.74, 6) is 1.36. The van der Waals surface area contributed by atoms with E-state index >= 15 is 0 Å². The number of nitriles is 1. The molecule has 90 valence electrons. The van der Waals surface area contributed by atoms with Crippen molar-refractivity contribution >= 4 is 17.3 Å². The van der Waals surface area contributed by atoms with Gasteiger partial charge in [0.25, 0.3) is 0 Å². The van der Waals surface area contributed by atoms with Gasteiger partial charge < -0.3 is 4.90 Å². The fourth-order valence-electron chi connectivity index (χ4n) is 2.73. The lowest BCUT2D eigenvalue weighted by atomic mass is 9.91. The molecule has 1 heterocycles. The van der Waals surface area contributed by atoms with E-state index in [1.54, 1.807) is 6.07 Å². The zero-order valence-electron chi connectivity index (χ0n) is 10.3. The van der Waals surface area contributed by atoms with Gasteiger partial charge in [0.1, 0.15) is 6.07 Å². The molecule has 2 nitrogen and oxygen atoms in total. The summed E-state index contributed by atoms with van der Waals surface area (Å²) in [7, 11) is 0. The van der Waals surface area contributed by atoms with Gasteiger partial charge in [0.15, 0.2) is 0 Å². The molecule has 0 unspecified atom stereocenters. The molecule has 1 aromatic rings. The predicted octanol–water partition coefficient (Wildman–Crippen LogP) is 3.69. The van der Waals surface area contributed by atoms with Crippen molar-refractivity contribution in [3.63, 3.8) is 0 Å². The monoisotopic (exact) mass is 248 g/mol. The van der Waals surface area contributed by atoms with Crippen molar-refractivity contribution < 1.29 is 0 Å². The van der Waals surface area contributed by atoms with Crippen LogP contribution >= 0.6 is 11.6 Å². The SMILES string of the molecule is C[C@@H]1C[C@H](C)CN(c2ccc(Cl)cc2C#N)C1. The minimum atomic E-state index is 0.628. The zero-order chi connectivity index (χ0) is 12.4. The fraction of sp³-hybridized carbons (Fsp3) is 0.500. The first kappa shape index (κ1) is 12.3. The first-order chi connectivity index (χ1) is 8.10. The Hall–Kier alpha value is -1.20. The quantitative estimate of drug-likeness (QED) is 0.758. The van der Waals surface area contributed by atoms with Gasteiger partial charge in [0.05, 0.1) is 11.3 Å². The number of nitrogens with zero attached hydrogens (tertiary/aromatic N) is 2. The molecule has 17 heavy (non-hydrogen) atoms. The molecule has 1 aliphatic rings. The van der Waals surface area contributed by atoms with E-state index in [0.29, 0.717) is 22.4 Å². The lowest BCUT2D eigenvalue weighted by Crippen LogP contribution is -2.39. The lowest BCUT2D eigenvalue weighted by Gasteiger charge is -2.37. The summed E-state index contributed by atoms with van der Waals surface area (Å²) in [6.07, 6.45) is 1.27. The summed E-state index contributed by atoms with van der Waals surface area (Å²) in [6.45, 7) is 6.59. The van der Waals surface area contributed by atoms with Crippen LogP contribution in [-0.2, 0) is 0 Å². The summed E-state index contributed by atoms with van der Waals surface area (Å²) in [5, 5.41) is 9.80. The molecule has 0 saturated carbocycles. The zero-order valence-corrected chi connectivity index (χ0v) is 11.0. The molecule has 1 aliphatic heterocycles. The van der Waals surface area contributed by atoms with E-state index in [1.165, 1.54) is 6.42 Å². The normalized spacial score (nSPS) is 24.5. The number of halogens is 1. The number of anilines is 1. The number of benzene rings is 1. The summed E-state index contributed by atoms with van der Waals surface area (Å²) in [5.41, 5.74) is 1.70. The topological polar surface area (TPSA) is 27.0 Å². The van der Waals surface area contributed by atoms with Crippen LogP contribution in [0, 0.1) is 23.2 Å². The summed E-state index contributed by atoms with van der Waals surface area (Å²) >= 11 is 5.92. The second-order valence-corrected chi connectivity index (χ2v) is 5.56. The van der Waals surface area contributed by atoms with E-state index < -0.39 is 0 Å². The Bertz CT molecular complexity index is 440. The molecule has 0 aliphatic carbocycles. The van der Waals surface area contributed by atoms with Crippen molar-refractivity contribution in [3.05, 3.63) is 28.8 Å². The van der Waals surface area contributed by atoms with Gasteiger partial charge in [-0.3, -0.25) is 0 Å². The Labute approximate surface area is 108 Å². The Morgan fingerprint density at radius 3 is 2.53 bits per heavy atom. The highest BCUT2D eigenvalue weighted by Gasteiger charge is 2.23. The number of rotatable bonds is 1. The van der Waals surface area contributed by atoms with Crippen molar-refractivity contribution in [1.82, 2.24) is 0 Å². The third kappa shape index (κ3) is 2.73. The second kappa shape index (κ2) is 4.98. The Morgan fingerprint density at radius 2 is 1.94 bits per heavy atom. The van der Waals surface area contributed by atoms with E-state index in [1.807, 2.05) is 12.1 Å². The van der Waals surface area contributed by atoms with Crippen LogP contribution in [0.2, 0.25) is 5.02 Å². The molecule has 1 saturated heterocycles. The Morgan fingerprint density at radius 1 is 1.29 bits per heavy atom. The minimum Gasteiger partial charge on any atom is -0.370 e. The van der Waals surface area contributed by atoms with E-state index in [4.69, 9.17) is 11.6 Å². The third-order valence-corrected chi connectivity index (χ3v) is 3.52. The van der Waals surface area contributed by atoms with Gasteiger partial charge in [-0.2, -0.15) is 5.26 Å². The number of hydrogen-bond acceptors (Lipinski definition) is 2. The molecular formula is C14H17ClN2. The van der Waals surface area contributed by atoms with E-state index in [-0.39, 0.29) is 0 Å². The van der Waals surface area contributed by atoms with Crippen LogP contribution in [0.5, 0.6) is 0 Å². The number of piperidine rings is 1. The lowest BCUT2D eigenvalue weighted by molar-refractivity contribution is 0.357. The van der Waals surface area contributed by atoms with Gasteiger partial charge in [-0.05, 0) is 36.5 Å². The summed E-state index contributed by atoms with van der Waals surface area (Å²) < 4.78 is 0. The third-order valence-electron chi connectivity index (χ3n) is 3.29. The molecule has 0 spiro atoms. The van der Waals surface area contributed by atoms with Crippen molar-refractivity contribution in [3.8, 4) is 6.07 Å². The highest BCUT2D eigenvalue weighted by molar-refractivity contribution is 6.30. The minimum absolute atomic E-state index is 0.628. The van der Waals surface area contributed by atoms with E-state index in [9.17, 15) is 5.26 Å². The van der Waals surface area contributed by atoms with Gasteiger partial charge in [-0.15, -0.1) is 0 Å². The van der Waals surface area contributed by atoms with Gasteiger partial charge in [-0.25, -0.2) is 0 Å². The van der Waals surface area contributed by atoms with Crippen molar-refractivity contribution in [2.75, 3.05) is 18.0 Å². The largest absolute Gasteiger partial charge is 0.370 e. The van der Waals surface area contributed by atoms with Crippen LogP contribution in [0.1, 0.15) is 25.8 Å². The first-order valence-electron chi connectivity index (χ1n) is 6.04. The molecule has 2 rings (SSSR count). The van der Waals surface area contributed by atoms with Crippen molar-refractivity contribution in [1.29, 1.82) is 5.26 Å². The molecule has 1 fully saturated rings. The maximum absolute atomic E-state index is 9.17. The average molecular weight is 249 g/mol. The highest BCUT2D eigenvalue weighted by atomic mass is 35.5. The Balaban J connectivity index is 2.30. The fourth-order valence-corrected chi connectivity index (χ4v) is 2.91. The molecule has 0 aromatic heterocycles.